The molecule has 146 valence electrons. The van der Waals surface area contributed by atoms with Crippen LogP contribution in [0.5, 0.6) is 17.2 Å². The summed E-state index contributed by atoms with van der Waals surface area (Å²) >= 11 is 0. The smallest absolute Gasteiger partial charge is 0.261 e. The molecule has 1 heterocycles. The van der Waals surface area contributed by atoms with Crippen molar-refractivity contribution in [2.75, 3.05) is 19.1 Å². The molecule has 0 atom stereocenters. The predicted octanol–water partition coefficient (Wildman–Crippen LogP) is 4.01. The van der Waals surface area contributed by atoms with E-state index in [2.05, 4.69) is 5.32 Å². The van der Waals surface area contributed by atoms with Gasteiger partial charge in [0.25, 0.3) is 11.8 Å². The molecule has 2 amide bonds. The maximum absolute atomic E-state index is 12.8. The molecule has 6 nitrogen and oxygen atoms in total. The number of ether oxygens (including phenoxy) is 2. The number of nitrogens with one attached hydrogen (secondary N) is 1. The van der Waals surface area contributed by atoms with Gasteiger partial charge in [0.05, 0.1) is 18.4 Å². The van der Waals surface area contributed by atoms with E-state index in [4.69, 9.17) is 9.47 Å². The van der Waals surface area contributed by atoms with Crippen LogP contribution in [0.2, 0.25) is 0 Å². The average Bonchev–Trinajstić information content (AvgIpc) is 2.87. The predicted molar refractivity (Wildman–Crippen MR) is 110 cm³/mol. The SMILES string of the molecule is COc1ccc(CNC(=O)c2ccc3c(c2)N(C)C(=O)c2ccccc2O3)cc1. The van der Waals surface area contributed by atoms with Crippen molar-refractivity contribution in [1.29, 1.82) is 0 Å². The highest BCUT2D eigenvalue weighted by Crippen LogP contribution is 2.38. The van der Waals surface area contributed by atoms with Gasteiger partial charge in [0, 0.05) is 19.2 Å². The molecule has 0 fully saturated rings. The Morgan fingerprint density at radius 2 is 1.79 bits per heavy atom. The normalized spacial score (nSPS) is 12.3. The summed E-state index contributed by atoms with van der Waals surface area (Å²) in [6.45, 7) is 0.386. The standard InChI is InChI=1S/C23H20N2O4/c1-25-19-13-16(22(26)24-14-15-7-10-17(28-2)11-8-15)9-12-21(19)29-20-6-4-3-5-18(20)23(25)27/h3-13H,14H2,1-2H3,(H,24,26). The van der Waals surface area contributed by atoms with E-state index in [1.807, 2.05) is 30.3 Å². The summed E-state index contributed by atoms with van der Waals surface area (Å²) < 4.78 is 11.1. The molecule has 0 aliphatic carbocycles. The van der Waals surface area contributed by atoms with E-state index in [1.165, 1.54) is 4.90 Å². The summed E-state index contributed by atoms with van der Waals surface area (Å²) in [5.74, 6) is 1.37. The molecular formula is C23H20N2O4. The van der Waals surface area contributed by atoms with Crippen molar-refractivity contribution >= 4 is 17.5 Å². The number of anilines is 1. The van der Waals surface area contributed by atoms with Gasteiger partial charge in [0.1, 0.15) is 11.5 Å². The first-order valence-corrected chi connectivity index (χ1v) is 9.17. The van der Waals surface area contributed by atoms with Crippen LogP contribution in [0.15, 0.2) is 66.7 Å². The first-order chi connectivity index (χ1) is 14.1. The molecule has 0 spiro atoms. The maximum atomic E-state index is 12.8. The highest BCUT2D eigenvalue weighted by Gasteiger charge is 2.26. The molecule has 0 unspecified atom stereocenters. The van der Waals surface area contributed by atoms with Gasteiger partial charge in [0.15, 0.2) is 5.75 Å². The summed E-state index contributed by atoms with van der Waals surface area (Å²) in [5, 5.41) is 2.89. The molecule has 3 aromatic rings. The number of carbonyl (C=O) groups is 2. The van der Waals surface area contributed by atoms with E-state index in [1.54, 1.807) is 50.6 Å². The Balaban J connectivity index is 1.54. The lowest BCUT2D eigenvalue weighted by atomic mass is 10.1. The topological polar surface area (TPSA) is 67.9 Å². The quantitative estimate of drug-likeness (QED) is 0.733. The van der Waals surface area contributed by atoms with E-state index in [9.17, 15) is 9.59 Å². The second-order valence-corrected chi connectivity index (χ2v) is 6.68. The molecule has 6 heteroatoms. The van der Waals surface area contributed by atoms with Gasteiger partial charge < -0.3 is 19.7 Å². The zero-order chi connectivity index (χ0) is 20.4. The Morgan fingerprint density at radius 1 is 1.03 bits per heavy atom. The Bertz CT molecular complexity index is 1080. The first kappa shape index (κ1) is 18.6. The lowest BCUT2D eigenvalue weighted by Crippen LogP contribution is -2.26. The van der Waals surface area contributed by atoms with Crippen LogP contribution in [0.1, 0.15) is 26.3 Å². The molecule has 1 aliphatic rings. The van der Waals surface area contributed by atoms with Crippen molar-refractivity contribution in [3.63, 3.8) is 0 Å². The van der Waals surface area contributed by atoms with Crippen LogP contribution in [0, 0.1) is 0 Å². The second-order valence-electron chi connectivity index (χ2n) is 6.68. The van der Waals surface area contributed by atoms with E-state index < -0.39 is 0 Å². The number of fused-ring (bicyclic) bond motifs is 2. The van der Waals surface area contributed by atoms with Crippen molar-refractivity contribution in [2.45, 2.75) is 6.54 Å². The number of carbonyl (C=O) groups excluding carboxylic acids is 2. The summed E-state index contributed by atoms with van der Waals surface area (Å²) in [5.41, 5.74) is 2.44. The van der Waals surface area contributed by atoms with Crippen LogP contribution in [0.3, 0.4) is 0 Å². The number of methoxy groups -OCH3 is 1. The molecule has 3 aromatic carbocycles. The number of rotatable bonds is 4. The van der Waals surface area contributed by atoms with Gasteiger partial charge >= 0.3 is 0 Å². The lowest BCUT2D eigenvalue weighted by Gasteiger charge is -2.17. The molecule has 29 heavy (non-hydrogen) atoms. The van der Waals surface area contributed by atoms with Crippen molar-refractivity contribution in [1.82, 2.24) is 5.32 Å². The maximum Gasteiger partial charge on any atom is 0.261 e. The molecule has 0 radical (unpaired) electrons. The number of hydrogen-bond donors (Lipinski definition) is 1. The van der Waals surface area contributed by atoms with Crippen molar-refractivity contribution in [2.24, 2.45) is 0 Å². The minimum Gasteiger partial charge on any atom is -0.497 e. The fourth-order valence-electron chi connectivity index (χ4n) is 3.18. The van der Waals surface area contributed by atoms with Crippen LogP contribution in [0.4, 0.5) is 5.69 Å². The number of benzene rings is 3. The van der Waals surface area contributed by atoms with E-state index in [0.29, 0.717) is 34.9 Å². The van der Waals surface area contributed by atoms with E-state index in [-0.39, 0.29) is 11.8 Å². The third kappa shape index (κ3) is 3.65. The van der Waals surface area contributed by atoms with Gasteiger partial charge in [-0.2, -0.15) is 0 Å². The molecule has 0 saturated heterocycles. The molecule has 1 aliphatic heterocycles. The van der Waals surface area contributed by atoms with Gasteiger partial charge in [0.2, 0.25) is 0 Å². The Kier molecular flexibility index (Phi) is 4.91. The zero-order valence-electron chi connectivity index (χ0n) is 16.1. The van der Waals surface area contributed by atoms with Crippen molar-refractivity contribution in [3.8, 4) is 17.2 Å². The summed E-state index contributed by atoms with van der Waals surface area (Å²) in [4.78, 5) is 26.9. The molecule has 0 saturated carbocycles. The number of nitrogens with zero attached hydrogens (tertiary/aromatic N) is 1. The monoisotopic (exact) mass is 388 g/mol. The third-order valence-corrected chi connectivity index (χ3v) is 4.84. The summed E-state index contributed by atoms with van der Waals surface area (Å²) in [7, 11) is 3.28. The molecule has 0 bridgehead atoms. The molecule has 4 rings (SSSR count). The molecule has 0 aromatic heterocycles. The van der Waals surface area contributed by atoms with E-state index >= 15 is 0 Å². The summed E-state index contributed by atoms with van der Waals surface area (Å²) in [6, 6.07) is 19.6. The molecular weight excluding hydrogens is 368 g/mol. The first-order valence-electron chi connectivity index (χ1n) is 9.17. The number of amides is 2. The highest BCUT2D eigenvalue weighted by molar-refractivity contribution is 6.10. The van der Waals surface area contributed by atoms with Gasteiger partial charge in [-0.05, 0) is 48.0 Å². The largest absolute Gasteiger partial charge is 0.497 e. The average molecular weight is 388 g/mol. The lowest BCUT2D eigenvalue weighted by molar-refractivity contribution is 0.0948. The number of para-hydroxylation sites is 1. The molecule has 1 N–H and O–H groups in total. The number of hydrogen-bond acceptors (Lipinski definition) is 4. The fourth-order valence-corrected chi connectivity index (χ4v) is 3.18. The van der Waals surface area contributed by atoms with Gasteiger partial charge in [-0.3, -0.25) is 9.59 Å². The minimum atomic E-state index is -0.230. The zero-order valence-corrected chi connectivity index (χ0v) is 16.1. The van der Waals surface area contributed by atoms with Crippen LogP contribution >= 0.6 is 0 Å². The van der Waals surface area contributed by atoms with Crippen molar-refractivity contribution < 1.29 is 19.1 Å². The summed E-state index contributed by atoms with van der Waals surface area (Å²) in [6.07, 6.45) is 0. The van der Waals surface area contributed by atoms with Gasteiger partial charge in [-0.25, -0.2) is 0 Å². The van der Waals surface area contributed by atoms with Crippen LogP contribution in [-0.2, 0) is 6.54 Å². The van der Waals surface area contributed by atoms with Crippen LogP contribution in [-0.4, -0.2) is 26.0 Å². The van der Waals surface area contributed by atoms with Crippen molar-refractivity contribution in [3.05, 3.63) is 83.4 Å². The second kappa shape index (κ2) is 7.67. The third-order valence-electron chi connectivity index (χ3n) is 4.84. The Labute approximate surface area is 168 Å². The van der Waals surface area contributed by atoms with Gasteiger partial charge in [-0.15, -0.1) is 0 Å². The van der Waals surface area contributed by atoms with Crippen LogP contribution < -0.4 is 19.7 Å². The minimum absolute atomic E-state index is 0.185. The van der Waals surface area contributed by atoms with Gasteiger partial charge in [-0.1, -0.05) is 24.3 Å². The Morgan fingerprint density at radius 3 is 2.55 bits per heavy atom. The Hall–Kier alpha value is -3.80. The highest BCUT2D eigenvalue weighted by atomic mass is 16.5. The van der Waals surface area contributed by atoms with E-state index in [0.717, 1.165) is 11.3 Å². The fraction of sp³-hybridized carbons (Fsp3) is 0.130. The van der Waals surface area contributed by atoms with Crippen LogP contribution in [0.25, 0.3) is 0 Å².